The molecule has 2 N–H and O–H groups in total. The number of carbonyl (C=O) groups excluding carboxylic acids is 2. The second kappa shape index (κ2) is 10.2. The van der Waals surface area contributed by atoms with Crippen LogP contribution in [-0.4, -0.2) is 52.5 Å². The van der Waals surface area contributed by atoms with Crippen molar-refractivity contribution in [2.45, 2.75) is 6.42 Å². The third kappa shape index (κ3) is 6.35. The van der Waals surface area contributed by atoms with E-state index in [1.807, 2.05) is 0 Å². The fourth-order valence-electron chi connectivity index (χ4n) is 1.64. The second-order valence-corrected chi connectivity index (χ2v) is 4.41. The van der Waals surface area contributed by atoms with Crippen LogP contribution in [-0.2, 0) is 14.3 Å². The topological polar surface area (TPSA) is 98.2 Å². The van der Waals surface area contributed by atoms with E-state index in [0.29, 0.717) is 36.6 Å². The van der Waals surface area contributed by atoms with Crippen molar-refractivity contribution in [3.63, 3.8) is 0 Å². The van der Waals surface area contributed by atoms with Gasteiger partial charge in [-0.25, -0.2) is 5.43 Å². The predicted octanol–water partition coefficient (Wildman–Crippen LogP) is 0.307. The van der Waals surface area contributed by atoms with Crippen molar-refractivity contribution in [2.24, 2.45) is 5.10 Å². The first-order valence-electron chi connectivity index (χ1n) is 6.94. The van der Waals surface area contributed by atoms with Gasteiger partial charge in [0.1, 0.15) is 11.5 Å². The normalized spacial score (nSPS) is 10.4. The molecule has 1 aromatic carbocycles. The molecule has 0 fully saturated rings. The van der Waals surface area contributed by atoms with E-state index < -0.39 is 11.8 Å². The molecule has 23 heavy (non-hydrogen) atoms. The number of nitrogens with one attached hydrogen (secondary N) is 2. The van der Waals surface area contributed by atoms with Gasteiger partial charge in [0.15, 0.2) is 0 Å². The Bertz CT molecular complexity index is 560. The fourth-order valence-corrected chi connectivity index (χ4v) is 1.64. The molecule has 8 heteroatoms. The monoisotopic (exact) mass is 323 g/mol. The third-order valence-corrected chi connectivity index (χ3v) is 2.83. The predicted molar refractivity (Wildman–Crippen MR) is 84.8 cm³/mol. The third-order valence-electron chi connectivity index (χ3n) is 2.83. The molecular formula is C15H21N3O5. The van der Waals surface area contributed by atoms with E-state index in [1.165, 1.54) is 13.3 Å². The molecule has 0 aliphatic heterocycles. The first-order valence-corrected chi connectivity index (χ1v) is 6.94. The molecule has 0 saturated carbocycles. The summed E-state index contributed by atoms with van der Waals surface area (Å²) < 4.78 is 15.1. The molecule has 0 spiro atoms. The van der Waals surface area contributed by atoms with E-state index >= 15 is 0 Å². The minimum Gasteiger partial charge on any atom is -0.497 e. The molecule has 2 amide bonds. The molecule has 8 nitrogen and oxygen atoms in total. The summed E-state index contributed by atoms with van der Waals surface area (Å²) >= 11 is 0. The van der Waals surface area contributed by atoms with Gasteiger partial charge in [-0.05, 0) is 18.6 Å². The Balaban J connectivity index is 2.52. The van der Waals surface area contributed by atoms with Crippen LogP contribution in [0.15, 0.2) is 23.3 Å². The average molecular weight is 323 g/mol. The lowest BCUT2D eigenvalue weighted by Crippen LogP contribution is -2.38. The van der Waals surface area contributed by atoms with E-state index in [2.05, 4.69) is 15.8 Å². The summed E-state index contributed by atoms with van der Waals surface area (Å²) in [5.41, 5.74) is 2.79. The van der Waals surface area contributed by atoms with E-state index in [9.17, 15) is 9.59 Å². The van der Waals surface area contributed by atoms with Gasteiger partial charge < -0.3 is 19.5 Å². The van der Waals surface area contributed by atoms with Crippen LogP contribution in [0.1, 0.15) is 12.0 Å². The van der Waals surface area contributed by atoms with Crippen LogP contribution in [0.25, 0.3) is 0 Å². The Morgan fingerprint density at radius 1 is 1.17 bits per heavy atom. The molecule has 0 atom stereocenters. The minimum absolute atomic E-state index is 0.357. The molecule has 0 aliphatic rings. The van der Waals surface area contributed by atoms with Crippen molar-refractivity contribution >= 4 is 18.0 Å². The summed E-state index contributed by atoms with van der Waals surface area (Å²) in [6, 6.07) is 5.14. The van der Waals surface area contributed by atoms with Crippen molar-refractivity contribution in [3.8, 4) is 11.5 Å². The SMILES string of the molecule is COCCCNC(=O)C(=O)N/N=C\c1ccc(OC)cc1OC. The average Bonchev–Trinajstić information content (AvgIpc) is 2.58. The Morgan fingerprint density at radius 2 is 1.96 bits per heavy atom. The Morgan fingerprint density at radius 3 is 2.61 bits per heavy atom. The van der Waals surface area contributed by atoms with Gasteiger partial charge in [0.25, 0.3) is 0 Å². The number of amides is 2. The van der Waals surface area contributed by atoms with Gasteiger partial charge in [0.05, 0.1) is 20.4 Å². The van der Waals surface area contributed by atoms with Gasteiger partial charge in [-0.2, -0.15) is 5.10 Å². The maximum absolute atomic E-state index is 11.5. The zero-order valence-corrected chi connectivity index (χ0v) is 13.4. The summed E-state index contributed by atoms with van der Waals surface area (Å²) in [4.78, 5) is 23.0. The number of ether oxygens (including phenoxy) is 3. The molecule has 0 unspecified atom stereocenters. The maximum Gasteiger partial charge on any atom is 0.329 e. The zero-order chi connectivity index (χ0) is 17.1. The van der Waals surface area contributed by atoms with Gasteiger partial charge in [0, 0.05) is 31.9 Å². The Kier molecular flexibility index (Phi) is 8.16. The summed E-state index contributed by atoms with van der Waals surface area (Å²) in [6.45, 7) is 0.868. The fraction of sp³-hybridized carbons (Fsp3) is 0.400. The van der Waals surface area contributed by atoms with Crippen molar-refractivity contribution in [1.82, 2.24) is 10.7 Å². The number of methoxy groups -OCH3 is 3. The van der Waals surface area contributed by atoms with E-state index in [1.54, 1.807) is 32.4 Å². The van der Waals surface area contributed by atoms with Crippen LogP contribution in [0.5, 0.6) is 11.5 Å². The maximum atomic E-state index is 11.5. The molecule has 1 rings (SSSR count). The van der Waals surface area contributed by atoms with Crippen molar-refractivity contribution in [1.29, 1.82) is 0 Å². The molecule has 126 valence electrons. The molecule has 0 saturated heterocycles. The zero-order valence-electron chi connectivity index (χ0n) is 13.4. The molecule has 0 heterocycles. The number of hydrogen-bond donors (Lipinski definition) is 2. The number of nitrogens with zero attached hydrogens (tertiary/aromatic N) is 1. The number of hydrogen-bond acceptors (Lipinski definition) is 6. The Hall–Kier alpha value is -2.61. The highest BCUT2D eigenvalue weighted by atomic mass is 16.5. The quantitative estimate of drug-likeness (QED) is 0.310. The first kappa shape index (κ1) is 18.4. The van der Waals surface area contributed by atoms with Gasteiger partial charge in [0.2, 0.25) is 0 Å². The molecule has 0 aromatic heterocycles. The van der Waals surface area contributed by atoms with E-state index in [4.69, 9.17) is 14.2 Å². The highest BCUT2D eigenvalue weighted by Gasteiger charge is 2.11. The van der Waals surface area contributed by atoms with Crippen LogP contribution in [0.4, 0.5) is 0 Å². The molecule has 0 aliphatic carbocycles. The van der Waals surface area contributed by atoms with Crippen molar-refractivity contribution in [3.05, 3.63) is 23.8 Å². The molecular weight excluding hydrogens is 302 g/mol. The standard InChI is InChI=1S/C15H21N3O5/c1-21-8-4-7-16-14(19)15(20)18-17-10-11-5-6-12(22-2)9-13(11)23-3/h5-6,9-10H,4,7-8H2,1-3H3,(H,16,19)(H,18,20)/b17-10-. The summed E-state index contributed by atoms with van der Waals surface area (Å²) in [5.74, 6) is -0.420. The van der Waals surface area contributed by atoms with Gasteiger partial charge in [-0.3, -0.25) is 9.59 Å². The largest absolute Gasteiger partial charge is 0.497 e. The molecule has 1 aromatic rings. The van der Waals surface area contributed by atoms with Crippen LogP contribution in [0.2, 0.25) is 0 Å². The van der Waals surface area contributed by atoms with Crippen LogP contribution < -0.4 is 20.2 Å². The lowest BCUT2D eigenvalue weighted by Gasteiger charge is -2.07. The lowest BCUT2D eigenvalue weighted by atomic mass is 10.2. The van der Waals surface area contributed by atoms with E-state index in [-0.39, 0.29) is 0 Å². The van der Waals surface area contributed by atoms with Gasteiger partial charge >= 0.3 is 11.8 Å². The van der Waals surface area contributed by atoms with Crippen LogP contribution in [0.3, 0.4) is 0 Å². The first-order chi connectivity index (χ1) is 11.1. The van der Waals surface area contributed by atoms with Crippen LogP contribution >= 0.6 is 0 Å². The smallest absolute Gasteiger partial charge is 0.329 e. The molecule has 0 bridgehead atoms. The van der Waals surface area contributed by atoms with Gasteiger partial charge in [-0.1, -0.05) is 0 Å². The van der Waals surface area contributed by atoms with Crippen molar-refractivity contribution < 1.29 is 23.8 Å². The molecule has 0 radical (unpaired) electrons. The van der Waals surface area contributed by atoms with Crippen molar-refractivity contribution in [2.75, 3.05) is 34.5 Å². The highest BCUT2D eigenvalue weighted by Crippen LogP contribution is 2.22. The Labute approximate surface area is 134 Å². The lowest BCUT2D eigenvalue weighted by molar-refractivity contribution is -0.139. The summed E-state index contributed by atoms with van der Waals surface area (Å²) in [6.07, 6.45) is 2.01. The minimum atomic E-state index is -0.842. The van der Waals surface area contributed by atoms with Crippen LogP contribution in [0, 0.1) is 0 Å². The van der Waals surface area contributed by atoms with E-state index in [0.717, 1.165) is 0 Å². The second-order valence-electron chi connectivity index (χ2n) is 4.41. The number of carbonyl (C=O) groups is 2. The number of hydrazone groups is 1. The van der Waals surface area contributed by atoms with Gasteiger partial charge in [-0.15, -0.1) is 0 Å². The number of rotatable bonds is 8. The summed E-state index contributed by atoms with van der Waals surface area (Å²) in [7, 11) is 4.63. The number of benzene rings is 1. The highest BCUT2D eigenvalue weighted by molar-refractivity contribution is 6.35. The summed E-state index contributed by atoms with van der Waals surface area (Å²) in [5, 5.41) is 6.20.